The lowest BCUT2D eigenvalue weighted by Crippen LogP contribution is -2.13. The molecule has 9 heteroatoms. The molecule has 1 amide bonds. The van der Waals surface area contributed by atoms with Crippen molar-refractivity contribution in [2.24, 2.45) is 0 Å². The molecular formula is C22H25N3O5S. The second-order valence-electron chi connectivity index (χ2n) is 6.44. The van der Waals surface area contributed by atoms with Crippen LogP contribution < -0.4 is 15.8 Å². The minimum Gasteiger partial charge on any atom is -0.495 e. The molecule has 164 valence electrons. The van der Waals surface area contributed by atoms with Gasteiger partial charge in [-0.15, -0.1) is 11.3 Å². The third kappa shape index (κ3) is 5.13. The van der Waals surface area contributed by atoms with Crippen molar-refractivity contribution in [3.8, 4) is 16.9 Å². The van der Waals surface area contributed by atoms with Crippen molar-refractivity contribution in [1.29, 1.82) is 0 Å². The van der Waals surface area contributed by atoms with Gasteiger partial charge in [-0.1, -0.05) is 12.1 Å². The first-order valence-electron chi connectivity index (χ1n) is 9.73. The molecule has 0 saturated heterocycles. The fourth-order valence-electron chi connectivity index (χ4n) is 3.17. The molecule has 0 aliphatic heterocycles. The summed E-state index contributed by atoms with van der Waals surface area (Å²) in [6.45, 7) is 4.92. The molecule has 8 nitrogen and oxygen atoms in total. The quantitative estimate of drug-likeness (QED) is 0.396. The number of hydrogen-bond acceptors (Lipinski definition) is 7. The summed E-state index contributed by atoms with van der Waals surface area (Å²) in [6.07, 6.45) is 3.92. The number of benzene rings is 1. The highest BCUT2D eigenvalue weighted by Crippen LogP contribution is 2.41. The molecular weight excluding hydrogens is 418 g/mol. The van der Waals surface area contributed by atoms with Crippen LogP contribution >= 0.6 is 11.3 Å². The molecule has 0 fully saturated rings. The zero-order valence-corrected chi connectivity index (χ0v) is 18.4. The van der Waals surface area contributed by atoms with E-state index in [1.165, 1.54) is 7.11 Å². The molecule has 0 bridgehead atoms. The molecule has 3 aromatic rings. The summed E-state index contributed by atoms with van der Waals surface area (Å²) in [5.41, 5.74) is 9.23. The van der Waals surface area contributed by atoms with Gasteiger partial charge in [0.05, 0.1) is 12.8 Å². The number of methoxy groups -OCH3 is 1. The Bertz CT molecular complexity index is 1090. The van der Waals surface area contributed by atoms with E-state index in [0.717, 1.165) is 26.8 Å². The fourth-order valence-corrected chi connectivity index (χ4v) is 4.24. The van der Waals surface area contributed by atoms with Crippen LogP contribution in [-0.2, 0) is 9.47 Å². The Morgan fingerprint density at radius 1 is 1.32 bits per heavy atom. The summed E-state index contributed by atoms with van der Waals surface area (Å²) >= 11 is 1.55. The van der Waals surface area contributed by atoms with E-state index in [4.69, 9.17) is 25.1 Å². The van der Waals surface area contributed by atoms with Crippen LogP contribution in [-0.4, -0.2) is 42.8 Å². The molecule has 2 aromatic heterocycles. The van der Waals surface area contributed by atoms with Crippen LogP contribution in [0.15, 0.2) is 35.9 Å². The predicted octanol–water partition coefficient (Wildman–Crippen LogP) is 5.06. The molecule has 0 radical (unpaired) electrons. The second kappa shape index (κ2) is 10.3. The number of thiophene rings is 1. The van der Waals surface area contributed by atoms with E-state index in [1.54, 1.807) is 29.7 Å². The minimum absolute atomic E-state index is 0.367. The van der Waals surface area contributed by atoms with Crippen LogP contribution in [0.2, 0.25) is 0 Å². The number of rotatable bonds is 9. The smallest absolute Gasteiger partial charge is 0.409 e. The third-order valence-electron chi connectivity index (χ3n) is 4.50. The lowest BCUT2D eigenvalue weighted by Gasteiger charge is -2.12. The molecule has 1 aromatic carbocycles. The Labute approximate surface area is 184 Å². The number of pyridine rings is 1. The van der Waals surface area contributed by atoms with E-state index in [9.17, 15) is 4.79 Å². The Morgan fingerprint density at radius 2 is 2.06 bits per heavy atom. The van der Waals surface area contributed by atoms with Gasteiger partial charge in [0.15, 0.2) is 6.29 Å². The number of fused-ring (bicyclic) bond motifs is 1. The normalized spacial score (nSPS) is 11.5. The van der Waals surface area contributed by atoms with Gasteiger partial charge in [0.1, 0.15) is 11.6 Å². The largest absolute Gasteiger partial charge is 0.495 e. The van der Waals surface area contributed by atoms with E-state index in [-0.39, 0.29) is 0 Å². The number of aromatic nitrogens is 1. The maximum atomic E-state index is 11.0. The van der Waals surface area contributed by atoms with E-state index < -0.39 is 12.4 Å². The van der Waals surface area contributed by atoms with E-state index in [0.29, 0.717) is 30.5 Å². The number of nitrogens with zero attached hydrogens (tertiary/aromatic N) is 1. The molecule has 0 unspecified atom stereocenters. The number of carboxylic acid groups (broad SMARTS) is 1. The van der Waals surface area contributed by atoms with Crippen molar-refractivity contribution >= 4 is 45.1 Å². The molecule has 3 rings (SSSR count). The van der Waals surface area contributed by atoms with Gasteiger partial charge in [0.2, 0.25) is 0 Å². The first kappa shape index (κ1) is 22.5. The van der Waals surface area contributed by atoms with Gasteiger partial charge in [-0.05, 0) is 43.0 Å². The Kier molecular flexibility index (Phi) is 7.45. The summed E-state index contributed by atoms with van der Waals surface area (Å²) in [6, 6.07) is 5.25. The maximum absolute atomic E-state index is 11.0. The highest BCUT2D eigenvalue weighted by molar-refractivity contribution is 7.18. The van der Waals surface area contributed by atoms with Crippen molar-refractivity contribution < 1.29 is 24.1 Å². The molecule has 31 heavy (non-hydrogen) atoms. The first-order chi connectivity index (χ1) is 15.0. The summed E-state index contributed by atoms with van der Waals surface area (Å²) in [7, 11) is 1.49. The summed E-state index contributed by atoms with van der Waals surface area (Å²) < 4.78 is 17.5. The number of nitrogens with one attached hydrogen (secondary N) is 1. The summed E-state index contributed by atoms with van der Waals surface area (Å²) in [5, 5.41) is 14.2. The van der Waals surface area contributed by atoms with Gasteiger partial charge in [-0.3, -0.25) is 5.32 Å². The van der Waals surface area contributed by atoms with Gasteiger partial charge in [0, 0.05) is 40.6 Å². The Hall–Kier alpha value is -3.14. The van der Waals surface area contributed by atoms with Crippen LogP contribution in [0.4, 0.5) is 16.3 Å². The molecule has 0 spiro atoms. The van der Waals surface area contributed by atoms with Gasteiger partial charge in [-0.25, -0.2) is 9.78 Å². The minimum atomic E-state index is -1.16. The highest BCUT2D eigenvalue weighted by Gasteiger charge is 2.16. The van der Waals surface area contributed by atoms with Crippen molar-refractivity contribution in [3.63, 3.8) is 0 Å². The maximum Gasteiger partial charge on any atom is 0.409 e. The third-order valence-corrected chi connectivity index (χ3v) is 5.53. The van der Waals surface area contributed by atoms with E-state index in [2.05, 4.69) is 10.3 Å². The molecule has 0 aliphatic rings. The Morgan fingerprint density at radius 3 is 2.71 bits per heavy atom. The second-order valence-corrected chi connectivity index (χ2v) is 7.32. The van der Waals surface area contributed by atoms with E-state index in [1.807, 2.05) is 37.4 Å². The Balaban J connectivity index is 2.02. The topological polar surface area (TPSA) is 116 Å². The van der Waals surface area contributed by atoms with Gasteiger partial charge >= 0.3 is 6.09 Å². The first-order valence-corrected chi connectivity index (χ1v) is 10.6. The zero-order valence-electron chi connectivity index (χ0n) is 17.5. The molecule has 2 heterocycles. The van der Waals surface area contributed by atoms with Crippen LogP contribution in [0.25, 0.3) is 27.3 Å². The number of anilines is 2. The highest BCUT2D eigenvalue weighted by atomic mass is 32.1. The van der Waals surface area contributed by atoms with Crippen LogP contribution in [0.5, 0.6) is 5.75 Å². The number of carbonyl (C=O) groups is 1. The molecule has 0 aliphatic carbocycles. The van der Waals surface area contributed by atoms with Crippen molar-refractivity contribution in [3.05, 3.63) is 41.4 Å². The summed E-state index contributed by atoms with van der Waals surface area (Å²) in [5.74, 6) is 0.833. The van der Waals surface area contributed by atoms with Gasteiger partial charge in [-0.2, -0.15) is 0 Å². The zero-order chi connectivity index (χ0) is 22.4. The van der Waals surface area contributed by atoms with Gasteiger partial charge < -0.3 is 25.1 Å². The SMILES string of the molecule is CCOC(/C=C/c1cnc(N)c2c(-c3ccc(NC(=O)O)c(OC)c3)csc12)OCC. The monoisotopic (exact) mass is 443 g/mol. The average Bonchev–Trinajstić information content (AvgIpc) is 3.19. The number of amides is 1. The van der Waals surface area contributed by atoms with Crippen LogP contribution in [0.3, 0.4) is 0 Å². The van der Waals surface area contributed by atoms with Crippen molar-refractivity contribution in [1.82, 2.24) is 4.98 Å². The van der Waals surface area contributed by atoms with Gasteiger partial charge in [0.25, 0.3) is 0 Å². The number of nitrogens with two attached hydrogens (primary N) is 1. The molecule has 4 N–H and O–H groups in total. The standard InChI is InChI=1S/C22H25N3O5S/c1-4-29-18(30-5-2)9-7-14-11-24-21(23)19-15(12-31-20(14)19)13-6-8-16(25-22(26)27)17(10-13)28-3/h6-12,18,25H,4-5H2,1-3H3,(H2,23,24)(H,26,27)/b9-7+. The average molecular weight is 444 g/mol. The lowest BCUT2D eigenvalue weighted by molar-refractivity contribution is -0.103. The number of nitrogen functional groups attached to an aromatic ring is 1. The fraction of sp³-hybridized carbons (Fsp3) is 0.273. The van der Waals surface area contributed by atoms with Crippen molar-refractivity contribution in [2.75, 3.05) is 31.4 Å². The number of ether oxygens (including phenoxy) is 3. The predicted molar refractivity (Wildman–Crippen MR) is 124 cm³/mol. The molecule has 0 atom stereocenters. The number of hydrogen-bond donors (Lipinski definition) is 3. The molecule has 0 saturated carbocycles. The van der Waals surface area contributed by atoms with Crippen molar-refractivity contribution in [2.45, 2.75) is 20.1 Å². The van der Waals surface area contributed by atoms with Crippen LogP contribution in [0.1, 0.15) is 19.4 Å². The van der Waals surface area contributed by atoms with E-state index >= 15 is 0 Å². The summed E-state index contributed by atoms with van der Waals surface area (Å²) in [4.78, 5) is 15.4. The van der Waals surface area contributed by atoms with Crippen LogP contribution in [0, 0.1) is 0 Å². The lowest BCUT2D eigenvalue weighted by atomic mass is 10.0.